The van der Waals surface area contributed by atoms with E-state index < -0.39 is 44.6 Å². The standard InChI is InChI=1S/C23H26F4N8O4S/c1-39-16-6-12(24)11(5-13(16)25)14-7-17(40(37,38)34-22-18(28)21(29)32-10-33-22)15(8-31-14)35-4-2-3-23(30,9-35)19(36)20(26)27/h5-8,10,19-20,36H,2-4,9,28,30H2,1H3,(H3,29,32,33,34)/t19-,23-/m1/s1. The van der Waals surface area contributed by atoms with Crippen LogP contribution in [0.1, 0.15) is 12.8 Å². The van der Waals surface area contributed by atoms with Gasteiger partial charge in [-0.1, -0.05) is 0 Å². The van der Waals surface area contributed by atoms with Gasteiger partial charge in [0.15, 0.2) is 23.2 Å². The Bertz CT molecular complexity index is 1530. The van der Waals surface area contributed by atoms with Crippen LogP contribution in [0.2, 0.25) is 0 Å². The Balaban J connectivity index is 1.86. The zero-order valence-corrected chi connectivity index (χ0v) is 21.8. The maximum atomic E-state index is 14.9. The molecule has 1 aliphatic rings. The number of aliphatic hydroxyl groups is 1. The molecule has 40 heavy (non-hydrogen) atoms. The summed E-state index contributed by atoms with van der Waals surface area (Å²) in [6.07, 6.45) is -3.05. The third-order valence-corrected chi connectivity index (χ3v) is 7.89. The Morgan fingerprint density at radius 3 is 2.55 bits per heavy atom. The van der Waals surface area contributed by atoms with E-state index >= 15 is 0 Å². The number of aromatic nitrogens is 3. The zero-order chi connectivity index (χ0) is 29.4. The third-order valence-electron chi connectivity index (χ3n) is 6.52. The van der Waals surface area contributed by atoms with Crippen molar-refractivity contribution in [2.75, 3.05) is 41.3 Å². The minimum absolute atomic E-state index is 0.0356. The topological polar surface area (TPSA) is 196 Å². The summed E-state index contributed by atoms with van der Waals surface area (Å²) in [7, 11) is -3.48. The van der Waals surface area contributed by atoms with Crippen molar-refractivity contribution in [3.63, 3.8) is 0 Å². The van der Waals surface area contributed by atoms with Crippen LogP contribution in [0.4, 0.5) is 40.6 Å². The fraction of sp³-hybridized carbons (Fsp3) is 0.348. The second kappa shape index (κ2) is 10.9. The number of hydrogen-bond donors (Lipinski definition) is 5. The normalized spacial score (nSPS) is 18.6. The van der Waals surface area contributed by atoms with Crippen molar-refractivity contribution in [3.8, 4) is 17.0 Å². The van der Waals surface area contributed by atoms with Gasteiger partial charge in [0.2, 0.25) is 0 Å². The molecule has 17 heteroatoms. The van der Waals surface area contributed by atoms with E-state index in [0.717, 1.165) is 37.8 Å². The molecule has 0 amide bonds. The lowest BCUT2D eigenvalue weighted by Crippen LogP contribution is -2.63. The van der Waals surface area contributed by atoms with E-state index in [1.165, 1.54) is 4.90 Å². The van der Waals surface area contributed by atoms with Crippen LogP contribution in [0, 0.1) is 11.6 Å². The second-order valence-corrected chi connectivity index (χ2v) is 10.8. The highest BCUT2D eigenvalue weighted by molar-refractivity contribution is 7.92. The van der Waals surface area contributed by atoms with Crippen molar-refractivity contribution in [2.24, 2.45) is 5.73 Å². The van der Waals surface area contributed by atoms with Crippen molar-refractivity contribution >= 4 is 33.0 Å². The van der Waals surface area contributed by atoms with E-state index in [0.29, 0.717) is 0 Å². The number of anilines is 4. The van der Waals surface area contributed by atoms with Crippen molar-refractivity contribution in [3.05, 3.63) is 42.4 Å². The molecule has 3 heterocycles. The van der Waals surface area contributed by atoms with Gasteiger partial charge < -0.3 is 31.9 Å². The minimum Gasteiger partial charge on any atom is -0.494 e. The van der Waals surface area contributed by atoms with Gasteiger partial charge in [0.25, 0.3) is 16.4 Å². The number of hydrogen-bond acceptors (Lipinski definition) is 11. The molecule has 0 aliphatic carbocycles. The predicted molar refractivity (Wildman–Crippen MR) is 138 cm³/mol. The van der Waals surface area contributed by atoms with Gasteiger partial charge in [-0.05, 0) is 25.0 Å². The number of alkyl halides is 2. The average Bonchev–Trinajstić information content (AvgIpc) is 2.91. The number of rotatable bonds is 8. The maximum absolute atomic E-state index is 14.9. The highest BCUT2D eigenvalue weighted by Gasteiger charge is 2.43. The number of methoxy groups -OCH3 is 1. The van der Waals surface area contributed by atoms with Crippen LogP contribution in [0.25, 0.3) is 11.3 Å². The number of halogens is 4. The van der Waals surface area contributed by atoms with Crippen molar-refractivity contribution in [1.82, 2.24) is 15.0 Å². The molecule has 216 valence electrons. The Labute approximate surface area is 226 Å². The van der Waals surface area contributed by atoms with Crippen LogP contribution in [0.3, 0.4) is 0 Å². The van der Waals surface area contributed by atoms with Gasteiger partial charge in [0.05, 0.1) is 30.2 Å². The van der Waals surface area contributed by atoms with Gasteiger partial charge in [-0.2, -0.15) is 0 Å². The number of sulfonamides is 1. The molecule has 1 saturated heterocycles. The summed E-state index contributed by atoms with van der Waals surface area (Å²) in [6, 6.07) is 2.53. The first-order valence-electron chi connectivity index (χ1n) is 11.7. The molecule has 0 bridgehead atoms. The number of nitrogens with one attached hydrogen (secondary N) is 1. The van der Waals surface area contributed by atoms with Gasteiger partial charge in [-0.25, -0.2) is 35.9 Å². The zero-order valence-electron chi connectivity index (χ0n) is 21.0. The minimum atomic E-state index is -4.62. The van der Waals surface area contributed by atoms with Gasteiger partial charge in [0.1, 0.15) is 28.8 Å². The van der Waals surface area contributed by atoms with Gasteiger partial charge in [-0.3, -0.25) is 9.71 Å². The van der Waals surface area contributed by atoms with E-state index in [1.54, 1.807) is 0 Å². The Hall–Kier alpha value is -3.96. The third kappa shape index (κ3) is 5.52. The van der Waals surface area contributed by atoms with Crippen LogP contribution >= 0.6 is 0 Å². The first-order valence-corrected chi connectivity index (χ1v) is 13.2. The summed E-state index contributed by atoms with van der Waals surface area (Å²) in [4.78, 5) is 12.4. The summed E-state index contributed by atoms with van der Waals surface area (Å²) in [5.74, 6) is -2.83. The molecule has 1 fully saturated rings. The Morgan fingerprint density at radius 2 is 1.88 bits per heavy atom. The SMILES string of the molecule is COc1cc(F)c(-c2cc(S(=O)(=O)Nc3ncnc(N)c3N)c(N3CCC[C@](N)([C@H](O)C(F)F)C3)cn2)cc1F. The highest BCUT2D eigenvalue weighted by Crippen LogP contribution is 2.37. The first-order chi connectivity index (χ1) is 18.8. The smallest absolute Gasteiger partial charge is 0.265 e. The molecule has 12 nitrogen and oxygen atoms in total. The average molecular weight is 587 g/mol. The van der Waals surface area contributed by atoms with E-state index in [-0.39, 0.29) is 65.9 Å². The quantitative estimate of drug-likeness (QED) is 0.241. The van der Waals surface area contributed by atoms with Crippen molar-refractivity contribution < 1.29 is 35.8 Å². The molecule has 2 atom stereocenters. The molecule has 8 N–H and O–H groups in total. The fourth-order valence-electron chi connectivity index (χ4n) is 4.39. The number of nitrogens with zero attached hydrogens (tertiary/aromatic N) is 4. The Kier molecular flexibility index (Phi) is 7.91. The van der Waals surface area contributed by atoms with E-state index in [9.17, 15) is 31.1 Å². The largest absolute Gasteiger partial charge is 0.494 e. The van der Waals surface area contributed by atoms with Crippen LogP contribution in [0.15, 0.2) is 35.6 Å². The maximum Gasteiger partial charge on any atom is 0.265 e. The monoisotopic (exact) mass is 586 g/mol. The van der Waals surface area contributed by atoms with Gasteiger partial charge in [0, 0.05) is 24.7 Å². The van der Waals surface area contributed by atoms with Crippen LogP contribution in [-0.4, -0.2) is 66.7 Å². The van der Waals surface area contributed by atoms with Crippen LogP contribution in [-0.2, 0) is 10.0 Å². The molecule has 0 unspecified atom stereocenters. The van der Waals surface area contributed by atoms with E-state index in [1.807, 2.05) is 0 Å². The number of benzene rings is 1. The number of nitrogens with two attached hydrogens (primary N) is 3. The number of piperidine rings is 1. The summed E-state index contributed by atoms with van der Waals surface area (Å²) in [6.45, 7) is -0.206. The molecule has 1 aliphatic heterocycles. The molecular weight excluding hydrogens is 560 g/mol. The molecule has 1 aromatic carbocycles. The summed E-state index contributed by atoms with van der Waals surface area (Å²) < 4.78 is 90.3. The van der Waals surface area contributed by atoms with Crippen molar-refractivity contribution in [2.45, 2.75) is 35.8 Å². The van der Waals surface area contributed by atoms with E-state index in [2.05, 4.69) is 19.7 Å². The number of ether oxygens (including phenoxy) is 1. The highest BCUT2D eigenvalue weighted by atomic mass is 32.2. The van der Waals surface area contributed by atoms with Crippen molar-refractivity contribution in [1.29, 1.82) is 0 Å². The molecule has 2 aromatic heterocycles. The number of nitrogen functional groups attached to an aromatic ring is 2. The molecule has 4 rings (SSSR count). The van der Waals surface area contributed by atoms with Crippen LogP contribution in [0.5, 0.6) is 5.75 Å². The molecular formula is C23H26F4N8O4S. The summed E-state index contributed by atoms with van der Waals surface area (Å²) >= 11 is 0. The van der Waals surface area contributed by atoms with Crippen LogP contribution < -0.4 is 31.6 Å². The Morgan fingerprint density at radius 1 is 1.15 bits per heavy atom. The molecule has 3 aromatic rings. The summed E-state index contributed by atoms with van der Waals surface area (Å²) in [5, 5.41) is 10.1. The summed E-state index contributed by atoms with van der Waals surface area (Å²) in [5.41, 5.74) is 14.8. The lowest BCUT2D eigenvalue weighted by Gasteiger charge is -2.44. The molecule has 0 radical (unpaired) electrons. The predicted octanol–water partition coefficient (Wildman–Crippen LogP) is 1.71. The molecule has 0 spiro atoms. The molecule has 0 saturated carbocycles. The number of pyridine rings is 1. The van der Waals surface area contributed by atoms with E-state index in [4.69, 9.17) is 21.9 Å². The van der Waals surface area contributed by atoms with Gasteiger partial charge >= 0.3 is 0 Å². The number of aliphatic hydroxyl groups excluding tert-OH is 1. The second-order valence-electron chi connectivity index (χ2n) is 9.17. The lowest BCUT2D eigenvalue weighted by molar-refractivity contribution is -0.0529. The lowest BCUT2D eigenvalue weighted by atomic mass is 9.84. The fourth-order valence-corrected chi connectivity index (χ4v) is 5.65. The first kappa shape index (κ1) is 29.0. The van der Waals surface area contributed by atoms with Gasteiger partial charge in [-0.15, -0.1) is 0 Å².